The second-order valence-corrected chi connectivity index (χ2v) is 4.33. The van der Waals surface area contributed by atoms with Gasteiger partial charge < -0.3 is 0 Å². The zero-order chi connectivity index (χ0) is 8.23. The summed E-state index contributed by atoms with van der Waals surface area (Å²) in [6.07, 6.45) is 9.19. The van der Waals surface area contributed by atoms with Gasteiger partial charge in [-0.25, -0.2) is 0 Å². The van der Waals surface area contributed by atoms with Gasteiger partial charge in [0.05, 0.1) is 0 Å². The molecule has 2 aliphatic rings. The third kappa shape index (κ3) is 1.98. The highest BCUT2D eigenvalue weighted by Gasteiger charge is 2.25. The summed E-state index contributed by atoms with van der Waals surface area (Å²) in [7, 11) is 0. The molecule has 1 heteroatoms. The first-order chi connectivity index (χ1) is 5.95. The molecule has 0 nitrogen and oxygen atoms in total. The van der Waals surface area contributed by atoms with Crippen LogP contribution in [0.1, 0.15) is 19.3 Å². The molecule has 2 bridgehead atoms. The fourth-order valence-corrected chi connectivity index (χ4v) is 2.40. The van der Waals surface area contributed by atoms with Crippen molar-refractivity contribution in [3.63, 3.8) is 0 Å². The molecule has 2 aliphatic carbocycles. The fourth-order valence-electron chi connectivity index (χ4n) is 1.94. The van der Waals surface area contributed by atoms with Crippen molar-refractivity contribution in [2.75, 3.05) is 0 Å². The van der Waals surface area contributed by atoms with Gasteiger partial charge in [0.25, 0.3) is 0 Å². The molecule has 0 saturated heterocycles. The van der Waals surface area contributed by atoms with Gasteiger partial charge in [0.2, 0.25) is 0 Å². The van der Waals surface area contributed by atoms with Crippen LogP contribution in [0, 0.1) is 11.8 Å². The number of hydrogen-bond acceptors (Lipinski definition) is 1. The third-order valence-corrected chi connectivity index (χ3v) is 3.22. The minimum Gasteiger partial charge on any atom is -0.152 e. The average Bonchev–Trinajstić information content (AvgIpc) is 2.86. The van der Waals surface area contributed by atoms with Crippen molar-refractivity contribution >= 4 is 11.3 Å². The van der Waals surface area contributed by atoms with Gasteiger partial charge in [-0.3, -0.25) is 0 Å². The van der Waals surface area contributed by atoms with Crippen molar-refractivity contribution in [2.24, 2.45) is 11.8 Å². The zero-order valence-corrected chi connectivity index (χ0v) is 7.96. The van der Waals surface area contributed by atoms with Crippen molar-refractivity contribution in [3.05, 3.63) is 35.0 Å². The van der Waals surface area contributed by atoms with Gasteiger partial charge in [-0.15, -0.1) is 0 Å². The summed E-state index contributed by atoms with van der Waals surface area (Å²) in [6.45, 7) is 0. The first-order valence-electron chi connectivity index (χ1n) is 4.60. The molecule has 0 amide bonds. The Morgan fingerprint density at radius 1 is 0.917 bits per heavy atom. The van der Waals surface area contributed by atoms with Crippen LogP contribution in [0.3, 0.4) is 0 Å². The lowest BCUT2D eigenvalue weighted by molar-refractivity contribution is 0.691. The largest absolute Gasteiger partial charge is 0.152 e. The van der Waals surface area contributed by atoms with Crippen LogP contribution in [0.4, 0.5) is 0 Å². The van der Waals surface area contributed by atoms with Crippen LogP contribution < -0.4 is 0 Å². The van der Waals surface area contributed by atoms with Crippen LogP contribution in [-0.4, -0.2) is 0 Å². The van der Waals surface area contributed by atoms with E-state index >= 15 is 0 Å². The van der Waals surface area contributed by atoms with Crippen LogP contribution >= 0.6 is 11.3 Å². The molecule has 1 heterocycles. The molecule has 0 aromatic carbocycles. The molecule has 1 fully saturated rings. The van der Waals surface area contributed by atoms with Gasteiger partial charge >= 0.3 is 0 Å². The molecule has 1 saturated carbocycles. The topological polar surface area (TPSA) is 0 Å². The maximum atomic E-state index is 2.38. The Kier molecular flexibility index (Phi) is 2.62. The van der Waals surface area contributed by atoms with E-state index in [9.17, 15) is 0 Å². The maximum absolute atomic E-state index is 2.38. The monoisotopic (exact) mass is 178 g/mol. The van der Waals surface area contributed by atoms with Crippen molar-refractivity contribution < 1.29 is 0 Å². The molecule has 12 heavy (non-hydrogen) atoms. The molecule has 1 aromatic rings. The van der Waals surface area contributed by atoms with Gasteiger partial charge in [-0.2, -0.15) is 11.3 Å². The maximum Gasteiger partial charge on any atom is -0.00934 e. The third-order valence-electron chi connectivity index (χ3n) is 2.59. The zero-order valence-electron chi connectivity index (χ0n) is 7.15. The van der Waals surface area contributed by atoms with E-state index in [0.717, 1.165) is 11.8 Å². The molecule has 1 aromatic heterocycles. The van der Waals surface area contributed by atoms with E-state index in [-0.39, 0.29) is 0 Å². The Morgan fingerprint density at radius 3 is 1.67 bits per heavy atom. The van der Waals surface area contributed by atoms with E-state index in [0.29, 0.717) is 0 Å². The van der Waals surface area contributed by atoms with E-state index in [4.69, 9.17) is 0 Å². The highest BCUT2D eigenvalue weighted by Crippen LogP contribution is 2.38. The van der Waals surface area contributed by atoms with Gasteiger partial charge in [0.15, 0.2) is 0 Å². The summed E-state index contributed by atoms with van der Waals surface area (Å²) in [5, 5.41) is 4.08. The Labute approximate surface area is 77.9 Å². The number of thiophene rings is 1. The molecule has 3 rings (SSSR count). The lowest BCUT2D eigenvalue weighted by Gasteiger charge is -1.96. The number of allylic oxidation sites excluding steroid dienone is 2. The highest BCUT2D eigenvalue weighted by atomic mass is 32.1. The van der Waals surface area contributed by atoms with E-state index < -0.39 is 0 Å². The predicted octanol–water partition coefficient (Wildman–Crippen LogP) is 3.72. The molecule has 0 radical (unpaired) electrons. The van der Waals surface area contributed by atoms with E-state index in [1.807, 2.05) is 22.9 Å². The lowest BCUT2D eigenvalue weighted by Crippen LogP contribution is -1.82. The summed E-state index contributed by atoms with van der Waals surface area (Å²) in [6, 6.07) is 4.04. The lowest BCUT2D eigenvalue weighted by atomic mass is 10.1. The Bertz CT molecular complexity index is 206. The normalized spacial score (nSPS) is 30.0. The van der Waals surface area contributed by atoms with Crippen LogP contribution in [0.5, 0.6) is 0 Å². The minimum absolute atomic E-state index is 0.991. The highest BCUT2D eigenvalue weighted by molar-refractivity contribution is 7.07. The van der Waals surface area contributed by atoms with Crippen molar-refractivity contribution in [2.45, 2.75) is 19.3 Å². The first-order valence-corrected chi connectivity index (χ1v) is 5.55. The van der Waals surface area contributed by atoms with Crippen molar-refractivity contribution in [1.82, 2.24) is 0 Å². The van der Waals surface area contributed by atoms with Crippen molar-refractivity contribution in [3.8, 4) is 0 Å². The smallest absolute Gasteiger partial charge is 0.00934 e. The molecular formula is C11H14S. The van der Waals surface area contributed by atoms with Crippen LogP contribution in [0.25, 0.3) is 0 Å². The standard InChI is InChI=1S/C7H10.C4H4S/c1-2-7-4-3-6(1)5-7;1-2-4-5-3-1/h1-2,6-7H,3-5H2;1-4H. The summed E-state index contributed by atoms with van der Waals surface area (Å²) in [5.74, 6) is 1.98. The Hall–Kier alpha value is -0.560. The molecule has 2 atom stereocenters. The van der Waals surface area contributed by atoms with Crippen molar-refractivity contribution in [1.29, 1.82) is 0 Å². The molecule has 64 valence electrons. The Morgan fingerprint density at radius 2 is 1.50 bits per heavy atom. The minimum atomic E-state index is 0.991. The number of hydrogen-bond donors (Lipinski definition) is 0. The Balaban J connectivity index is 0.000000100. The van der Waals surface area contributed by atoms with E-state index in [1.165, 1.54) is 19.3 Å². The average molecular weight is 178 g/mol. The van der Waals surface area contributed by atoms with Gasteiger partial charge in [0, 0.05) is 0 Å². The fraction of sp³-hybridized carbons (Fsp3) is 0.455. The molecular weight excluding hydrogens is 164 g/mol. The van der Waals surface area contributed by atoms with Gasteiger partial charge in [-0.05, 0) is 41.9 Å². The van der Waals surface area contributed by atoms with Crippen LogP contribution in [-0.2, 0) is 0 Å². The van der Waals surface area contributed by atoms with Crippen LogP contribution in [0.15, 0.2) is 35.0 Å². The van der Waals surface area contributed by atoms with Gasteiger partial charge in [0.1, 0.15) is 0 Å². The first kappa shape index (κ1) is 8.06. The van der Waals surface area contributed by atoms with E-state index in [1.54, 1.807) is 11.3 Å². The van der Waals surface area contributed by atoms with Gasteiger partial charge in [-0.1, -0.05) is 24.3 Å². The quantitative estimate of drug-likeness (QED) is 0.531. The van der Waals surface area contributed by atoms with E-state index in [2.05, 4.69) is 12.2 Å². The number of fused-ring (bicyclic) bond motifs is 2. The molecule has 2 unspecified atom stereocenters. The SMILES string of the molecule is C1=CC2CCC1C2.c1ccsc1. The summed E-state index contributed by atoms with van der Waals surface area (Å²) in [5.41, 5.74) is 0. The van der Waals surface area contributed by atoms with Crippen LogP contribution in [0.2, 0.25) is 0 Å². The second kappa shape index (κ2) is 3.90. The molecule has 0 N–H and O–H groups in total. The summed E-state index contributed by atoms with van der Waals surface area (Å²) >= 11 is 1.71. The molecule has 0 aliphatic heterocycles. The predicted molar refractivity (Wildman–Crippen MR) is 54.3 cm³/mol. The summed E-state index contributed by atoms with van der Waals surface area (Å²) in [4.78, 5) is 0. The second-order valence-electron chi connectivity index (χ2n) is 3.51. The summed E-state index contributed by atoms with van der Waals surface area (Å²) < 4.78 is 0. The number of rotatable bonds is 0. The molecule has 0 spiro atoms.